The third kappa shape index (κ3) is 3.00. The lowest BCUT2D eigenvalue weighted by molar-refractivity contribution is 0.105. The molecule has 3 nitrogen and oxygen atoms in total. The minimum atomic E-state index is -0.0248. The molecule has 21 heavy (non-hydrogen) atoms. The zero-order chi connectivity index (χ0) is 14.8. The molecule has 1 aliphatic heterocycles. The Balaban J connectivity index is 2.05. The molecule has 0 radical (unpaired) electrons. The number of benzene rings is 1. The van der Waals surface area contributed by atoms with Gasteiger partial charge in [-0.1, -0.05) is 11.6 Å². The minimum absolute atomic E-state index is 0.0248. The average Bonchev–Trinajstić information content (AvgIpc) is 2.46. The first kappa shape index (κ1) is 14.6. The van der Waals surface area contributed by atoms with E-state index in [-0.39, 0.29) is 5.78 Å². The molecule has 2 aromatic rings. The molecule has 0 N–H and O–H groups in total. The smallest absolute Gasteiger partial charge is 0.196 e. The van der Waals surface area contributed by atoms with E-state index in [9.17, 15) is 4.79 Å². The summed E-state index contributed by atoms with van der Waals surface area (Å²) in [5.74, 6) is -0.0248. The van der Waals surface area contributed by atoms with E-state index in [1.807, 2.05) is 13.0 Å². The highest BCUT2D eigenvalue weighted by molar-refractivity contribution is 8.37. The molecular formula is C15H11ClN2OS2. The van der Waals surface area contributed by atoms with Crippen LogP contribution in [0.3, 0.4) is 0 Å². The molecule has 0 atom stereocenters. The van der Waals surface area contributed by atoms with Crippen LogP contribution in [-0.2, 0) is 0 Å². The fourth-order valence-electron chi connectivity index (χ4n) is 1.94. The van der Waals surface area contributed by atoms with Gasteiger partial charge in [-0.15, -0.1) is 23.5 Å². The van der Waals surface area contributed by atoms with Gasteiger partial charge < -0.3 is 0 Å². The second-order valence-corrected chi connectivity index (χ2v) is 7.46. The Morgan fingerprint density at radius 3 is 2.67 bits per heavy atom. The van der Waals surface area contributed by atoms with Crippen LogP contribution in [0.4, 0.5) is 0 Å². The first-order valence-electron chi connectivity index (χ1n) is 6.24. The Morgan fingerprint density at radius 1 is 1.29 bits per heavy atom. The van der Waals surface area contributed by atoms with Crippen molar-refractivity contribution in [1.29, 1.82) is 0 Å². The van der Waals surface area contributed by atoms with E-state index in [1.54, 1.807) is 47.9 Å². The molecule has 1 fully saturated rings. The number of aryl methyl sites for hydroxylation is 1. The molecular weight excluding hydrogens is 324 g/mol. The Labute approximate surface area is 136 Å². The van der Waals surface area contributed by atoms with Crippen molar-refractivity contribution >= 4 is 46.5 Å². The Bertz CT molecular complexity index is 726. The summed E-state index contributed by atoms with van der Waals surface area (Å²) in [7, 11) is 0. The summed E-state index contributed by atoms with van der Waals surface area (Å²) in [5, 5.41) is 1.63. The number of rotatable bonds is 3. The van der Waals surface area contributed by atoms with E-state index in [2.05, 4.69) is 9.97 Å². The van der Waals surface area contributed by atoms with Crippen molar-refractivity contribution in [1.82, 2.24) is 9.97 Å². The fourth-order valence-corrected chi connectivity index (χ4v) is 3.69. The normalized spacial score (nSPS) is 13.7. The Hall–Kier alpha value is -1.30. The van der Waals surface area contributed by atoms with Gasteiger partial charge in [0.05, 0.1) is 15.5 Å². The standard InChI is InChI=1S/C15H11ClN2OS2/c1-9-6-10(2-3-11(9)16)14(19)13(15-20-8-21-15)12-4-5-17-7-18-12/h2-7H,8H2,1H3. The second-order valence-electron chi connectivity index (χ2n) is 4.46. The van der Waals surface area contributed by atoms with Crippen LogP contribution in [0.5, 0.6) is 0 Å². The summed E-state index contributed by atoms with van der Waals surface area (Å²) in [4.78, 5) is 21.0. The van der Waals surface area contributed by atoms with E-state index in [0.717, 1.165) is 14.9 Å². The lowest BCUT2D eigenvalue weighted by atomic mass is 10.0. The number of hydrogen-bond acceptors (Lipinski definition) is 5. The van der Waals surface area contributed by atoms with Crippen molar-refractivity contribution in [3.05, 3.63) is 62.9 Å². The molecule has 0 spiro atoms. The Kier molecular flexibility index (Phi) is 4.33. The van der Waals surface area contributed by atoms with Crippen LogP contribution in [0.1, 0.15) is 21.6 Å². The molecule has 2 heterocycles. The number of carbonyl (C=O) groups is 1. The van der Waals surface area contributed by atoms with Gasteiger partial charge in [0, 0.05) is 21.9 Å². The number of Topliss-reactive ketones (excluding diaryl/α,β-unsaturated/α-hetero) is 1. The predicted molar refractivity (Wildman–Crippen MR) is 89.5 cm³/mol. The van der Waals surface area contributed by atoms with Crippen molar-refractivity contribution in [3.8, 4) is 0 Å². The van der Waals surface area contributed by atoms with E-state index in [4.69, 9.17) is 11.6 Å². The Morgan fingerprint density at radius 2 is 2.10 bits per heavy atom. The van der Waals surface area contributed by atoms with Gasteiger partial charge in [-0.25, -0.2) is 9.97 Å². The molecule has 0 unspecified atom stereocenters. The molecule has 0 aliphatic carbocycles. The van der Waals surface area contributed by atoms with Crippen molar-refractivity contribution in [2.75, 3.05) is 5.08 Å². The van der Waals surface area contributed by atoms with E-state index >= 15 is 0 Å². The summed E-state index contributed by atoms with van der Waals surface area (Å²) in [6.45, 7) is 1.89. The largest absolute Gasteiger partial charge is 0.288 e. The molecule has 0 saturated carbocycles. The van der Waals surface area contributed by atoms with Crippen LogP contribution in [-0.4, -0.2) is 20.8 Å². The highest BCUT2D eigenvalue weighted by Crippen LogP contribution is 2.48. The fraction of sp³-hybridized carbons (Fsp3) is 0.133. The number of allylic oxidation sites excluding steroid dienone is 1. The molecule has 1 aromatic heterocycles. The highest BCUT2D eigenvalue weighted by Gasteiger charge is 2.25. The summed E-state index contributed by atoms with van der Waals surface area (Å²) in [6.07, 6.45) is 3.11. The number of hydrogen-bond donors (Lipinski definition) is 0. The molecule has 0 bridgehead atoms. The van der Waals surface area contributed by atoms with Gasteiger partial charge >= 0.3 is 0 Å². The van der Waals surface area contributed by atoms with Gasteiger partial charge in [0.1, 0.15) is 6.33 Å². The first-order chi connectivity index (χ1) is 10.2. The van der Waals surface area contributed by atoms with Gasteiger partial charge in [0.25, 0.3) is 0 Å². The maximum absolute atomic E-state index is 12.9. The van der Waals surface area contributed by atoms with Crippen molar-refractivity contribution in [2.24, 2.45) is 0 Å². The first-order valence-corrected chi connectivity index (χ1v) is 8.59. The second kappa shape index (κ2) is 6.22. The SMILES string of the molecule is Cc1cc(C(=O)C(=C2SCS2)c2ccncn2)ccc1Cl. The van der Waals surface area contributed by atoms with Crippen LogP contribution >= 0.6 is 35.1 Å². The number of aromatic nitrogens is 2. The van der Waals surface area contributed by atoms with Gasteiger partial charge in [0.15, 0.2) is 5.78 Å². The zero-order valence-electron chi connectivity index (χ0n) is 11.2. The van der Waals surface area contributed by atoms with E-state index < -0.39 is 0 Å². The third-order valence-corrected chi connectivity index (χ3v) is 6.08. The molecule has 1 aliphatic rings. The van der Waals surface area contributed by atoms with E-state index in [0.29, 0.717) is 21.9 Å². The van der Waals surface area contributed by atoms with Crippen molar-refractivity contribution < 1.29 is 4.79 Å². The summed E-state index contributed by atoms with van der Waals surface area (Å²) in [6, 6.07) is 7.10. The van der Waals surface area contributed by atoms with Gasteiger partial charge in [-0.3, -0.25) is 4.79 Å². The van der Waals surface area contributed by atoms with Crippen molar-refractivity contribution in [2.45, 2.75) is 6.92 Å². The van der Waals surface area contributed by atoms with Crippen molar-refractivity contribution in [3.63, 3.8) is 0 Å². The lowest BCUT2D eigenvalue weighted by Gasteiger charge is -2.19. The number of carbonyl (C=O) groups excluding carboxylic acids is 1. The molecule has 3 rings (SSSR count). The lowest BCUT2D eigenvalue weighted by Crippen LogP contribution is -2.08. The summed E-state index contributed by atoms with van der Waals surface area (Å²) < 4.78 is 1.02. The van der Waals surface area contributed by atoms with Crippen LogP contribution in [0.15, 0.2) is 41.0 Å². The highest BCUT2D eigenvalue weighted by atomic mass is 35.5. The topological polar surface area (TPSA) is 42.9 Å². The molecule has 0 amide bonds. The molecule has 1 aromatic carbocycles. The number of thioether (sulfide) groups is 2. The van der Waals surface area contributed by atoms with Gasteiger partial charge in [-0.05, 0) is 36.8 Å². The maximum atomic E-state index is 12.9. The third-order valence-electron chi connectivity index (χ3n) is 3.07. The maximum Gasteiger partial charge on any atom is 0.196 e. The quantitative estimate of drug-likeness (QED) is 0.613. The zero-order valence-corrected chi connectivity index (χ0v) is 13.6. The summed E-state index contributed by atoms with van der Waals surface area (Å²) in [5.41, 5.74) is 2.84. The van der Waals surface area contributed by atoms with Crippen LogP contribution in [0.25, 0.3) is 5.57 Å². The van der Waals surface area contributed by atoms with Crippen LogP contribution in [0.2, 0.25) is 5.02 Å². The number of nitrogens with zero attached hydrogens (tertiary/aromatic N) is 2. The number of ketones is 1. The summed E-state index contributed by atoms with van der Waals surface area (Å²) >= 11 is 9.38. The monoisotopic (exact) mass is 334 g/mol. The van der Waals surface area contributed by atoms with Crippen LogP contribution in [0, 0.1) is 6.92 Å². The molecule has 106 valence electrons. The number of halogens is 1. The predicted octanol–water partition coefficient (Wildman–Crippen LogP) is 4.43. The van der Waals surface area contributed by atoms with Gasteiger partial charge in [-0.2, -0.15) is 0 Å². The van der Waals surface area contributed by atoms with Crippen LogP contribution < -0.4 is 0 Å². The molecule has 1 saturated heterocycles. The van der Waals surface area contributed by atoms with E-state index in [1.165, 1.54) is 6.33 Å². The average molecular weight is 335 g/mol. The minimum Gasteiger partial charge on any atom is -0.288 e. The van der Waals surface area contributed by atoms with Gasteiger partial charge in [0.2, 0.25) is 0 Å². The molecule has 6 heteroatoms.